The minimum absolute atomic E-state index is 0.0607. The molecule has 3 heteroatoms. The fraction of sp³-hybridized carbons (Fsp3) is 0.385. The van der Waals surface area contributed by atoms with Gasteiger partial charge in [-0.3, -0.25) is 4.79 Å². The molecule has 0 atom stereocenters. The van der Waals surface area contributed by atoms with E-state index in [-0.39, 0.29) is 12.3 Å². The number of carbonyl (C=O) groups excluding carboxylic acids is 1. The van der Waals surface area contributed by atoms with E-state index in [1.54, 1.807) is 0 Å². The number of carbonyl (C=O) groups is 1. The van der Waals surface area contributed by atoms with Crippen molar-refractivity contribution in [2.45, 2.75) is 26.2 Å². The molecule has 0 unspecified atom stereocenters. The molecule has 0 spiro atoms. The number of nitriles is 1. The summed E-state index contributed by atoms with van der Waals surface area (Å²) in [6.07, 6.45) is 1.79. The molecule has 1 amide bonds. The van der Waals surface area contributed by atoms with Crippen molar-refractivity contribution in [3.8, 4) is 6.07 Å². The third-order valence-corrected chi connectivity index (χ3v) is 2.41. The van der Waals surface area contributed by atoms with Gasteiger partial charge in [0.1, 0.15) is 6.42 Å². The third kappa shape index (κ3) is 4.14. The predicted molar refractivity (Wildman–Crippen MR) is 62.8 cm³/mol. The summed E-state index contributed by atoms with van der Waals surface area (Å²) in [7, 11) is 0. The summed E-state index contributed by atoms with van der Waals surface area (Å²) in [6.45, 7) is 2.71. The van der Waals surface area contributed by atoms with Crippen LogP contribution in [0.25, 0.3) is 0 Å². The second-order valence-electron chi connectivity index (χ2n) is 3.60. The number of benzene rings is 1. The van der Waals surface area contributed by atoms with Gasteiger partial charge in [0.2, 0.25) is 5.91 Å². The van der Waals surface area contributed by atoms with Crippen LogP contribution in [0.2, 0.25) is 0 Å². The third-order valence-electron chi connectivity index (χ3n) is 2.41. The Hall–Kier alpha value is -1.82. The van der Waals surface area contributed by atoms with E-state index < -0.39 is 0 Å². The lowest BCUT2D eigenvalue weighted by atomic mass is 10.1. The highest BCUT2D eigenvalue weighted by Gasteiger charge is 1.99. The molecule has 3 nitrogen and oxygen atoms in total. The first-order chi connectivity index (χ1) is 7.76. The summed E-state index contributed by atoms with van der Waals surface area (Å²) in [4.78, 5) is 11.0. The van der Waals surface area contributed by atoms with Crippen LogP contribution in [0.4, 0.5) is 0 Å². The zero-order valence-electron chi connectivity index (χ0n) is 9.49. The summed E-state index contributed by atoms with van der Waals surface area (Å²) in [6, 6.07) is 10.2. The van der Waals surface area contributed by atoms with Crippen LogP contribution in [0.15, 0.2) is 24.3 Å². The zero-order chi connectivity index (χ0) is 11.8. The molecule has 16 heavy (non-hydrogen) atoms. The summed E-state index contributed by atoms with van der Waals surface area (Å²) in [5.41, 5.74) is 2.52. The van der Waals surface area contributed by atoms with Crippen molar-refractivity contribution in [2.24, 2.45) is 0 Å². The topological polar surface area (TPSA) is 52.9 Å². The number of hydrogen-bond acceptors (Lipinski definition) is 2. The molecule has 1 N–H and O–H groups in total. The smallest absolute Gasteiger partial charge is 0.234 e. The molecule has 1 aromatic rings. The molecule has 0 radical (unpaired) electrons. The standard InChI is InChI=1S/C13H16N2O/c1-2-11-3-5-12(6-4-11)8-10-15-13(16)7-9-14/h3-6H,2,7-8,10H2,1H3,(H,15,16). The van der Waals surface area contributed by atoms with Gasteiger partial charge in [-0.2, -0.15) is 5.26 Å². The second-order valence-corrected chi connectivity index (χ2v) is 3.60. The lowest BCUT2D eigenvalue weighted by molar-refractivity contribution is -0.120. The SMILES string of the molecule is CCc1ccc(CCNC(=O)CC#N)cc1. The lowest BCUT2D eigenvalue weighted by Crippen LogP contribution is -2.24. The van der Waals surface area contributed by atoms with Crippen LogP contribution in [0, 0.1) is 11.3 Å². The van der Waals surface area contributed by atoms with Crippen molar-refractivity contribution in [3.63, 3.8) is 0 Å². The van der Waals surface area contributed by atoms with Crippen molar-refractivity contribution < 1.29 is 4.79 Å². The van der Waals surface area contributed by atoms with Crippen LogP contribution >= 0.6 is 0 Å². The summed E-state index contributed by atoms with van der Waals surface area (Å²) >= 11 is 0. The van der Waals surface area contributed by atoms with E-state index in [1.807, 2.05) is 6.07 Å². The van der Waals surface area contributed by atoms with Gasteiger partial charge in [-0.25, -0.2) is 0 Å². The predicted octanol–water partition coefficient (Wildman–Crippen LogP) is 1.82. The highest BCUT2D eigenvalue weighted by atomic mass is 16.1. The fourth-order valence-electron chi connectivity index (χ4n) is 1.42. The fourth-order valence-corrected chi connectivity index (χ4v) is 1.42. The van der Waals surface area contributed by atoms with Gasteiger partial charge in [-0.15, -0.1) is 0 Å². The summed E-state index contributed by atoms with van der Waals surface area (Å²) < 4.78 is 0. The van der Waals surface area contributed by atoms with Gasteiger partial charge in [0.05, 0.1) is 6.07 Å². The van der Waals surface area contributed by atoms with Crippen LogP contribution < -0.4 is 5.32 Å². The molecule has 1 aromatic carbocycles. The van der Waals surface area contributed by atoms with Crippen LogP contribution in [-0.2, 0) is 17.6 Å². The normalized spacial score (nSPS) is 9.50. The van der Waals surface area contributed by atoms with Crippen molar-refractivity contribution >= 4 is 5.91 Å². The molecule has 0 saturated heterocycles. The Morgan fingerprint density at radius 3 is 2.50 bits per heavy atom. The van der Waals surface area contributed by atoms with Crippen LogP contribution in [0.5, 0.6) is 0 Å². The molecule has 0 aromatic heterocycles. The summed E-state index contributed by atoms with van der Waals surface area (Å²) in [5.74, 6) is -0.201. The number of amides is 1. The first-order valence-corrected chi connectivity index (χ1v) is 5.47. The van der Waals surface area contributed by atoms with Crippen molar-refractivity contribution in [1.82, 2.24) is 5.32 Å². The van der Waals surface area contributed by atoms with E-state index in [1.165, 1.54) is 11.1 Å². The molecule has 0 aliphatic heterocycles. The molecule has 84 valence electrons. The Morgan fingerprint density at radius 1 is 1.31 bits per heavy atom. The molecular formula is C13H16N2O. The first-order valence-electron chi connectivity index (χ1n) is 5.47. The number of hydrogen-bond donors (Lipinski definition) is 1. The minimum atomic E-state index is -0.201. The Morgan fingerprint density at radius 2 is 1.94 bits per heavy atom. The van der Waals surface area contributed by atoms with Gasteiger partial charge in [-0.1, -0.05) is 31.2 Å². The van der Waals surface area contributed by atoms with Crippen molar-refractivity contribution in [1.29, 1.82) is 5.26 Å². The number of nitrogens with zero attached hydrogens (tertiary/aromatic N) is 1. The summed E-state index contributed by atoms with van der Waals surface area (Å²) in [5, 5.41) is 11.0. The van der Waals surface area contributed by atoms with E-state index in [2.05, 4.69) is 36.5 Å². The number of nitrogens with one attached hydrogen (secondary N) is 1. The van der Waals surface area contributed by atoms with Gasteiger partial charge >= 0.3 is 0 Å². The largest absolute Gasteiger partial charge is 0.355 e. The maximum absolute atomic E-state index is 11.0. The first kappa shape index (κ1) is 12.3. The van der Waals surface area contributed by atoms with Gasteiger partial charge in [0.15, 0.2) is 0 Å². The molecule has 1 rings (SSSR count). The van der Waals surface area contributed by atoms with E-state index >= 15 is 0 Å². The molecule has 0 saturated carbocycles. The van der Waals surface area contributed by atoms with E-state index in [9.17, 15) is 4.79 Å². The number of aryl methyl sites for hydroxylation is 1. The number of rotatable bonds is 5. The Balaban J connectivity index is 2.32. The van der Waals surface area contributed by atoms with Gasteiger partial charge in [0, 0.05) is 6.54 Å². The van der Waals surface area contributed by atoms with E-state index in [4.69, 9.17) is 5.26 Å². The second kappa shape index (κ2) is 6.62. The van der Waals surface area contributed by atoms with E-state index in [0.29, 0.717) is 6.54 Å². The monoisotopic (exact) mass is 216 g/mol. The molecular weight excluding hydrogens is 200 g/mol. The van der Waals surface area contributed by atoms with Crippen LogP contribution in [0.3, 0.4) is 0 Å². The average Bonchev–Trinajstić information content (AvgIpc) is 2.30. The van der Waals surface area contributed by atoms with Gasteiger partial charge < -0.3 is 5.32 Å². The highest BCUT2D eigenvalue weighted by Crippen LogP contribution is 2.05. The van der Waals surface area contributed by atoms with Gasteiger partial charge in [0.25, 0.3) is 0 Å². The Kier molecular flexibility index (Phi) is 5.07. The molecule has 0 bridgehead atoms. The maximum atomic E-state index is 11.0. The van der Waals surface area contributed by atoms with Crippen LogP contribution in [-0.4, -0.2) is 12.5 Å². The maximum Gasteiger partial charge on any atom is 0.234 e. The average molecular weight is 216 g/mol. The van der Waals surface area contributed by atoms with Crippen molar-refractivity contribution in [3.05, 3.63) is 35.4 Å². The molecule has 0 fully saturated rings. The van der Waals surface area contributed by atoms with Crippen molar-refractivity contribution in [2.75, 3.05) is 6.54 Å². The van der Waals surface area contributed by atoms with E-state index in [0.717, 1.165) is 12.8 Å². The minimum Gasteiger partial charge on any atom is -0.355 e. The Labute approximate surface area is 96.1 Å². The van der Waals surface area contributed by atoms with Crippen LogP contribution in [0.1, 0.15) is 24.5 Å². The molecule has 0 aliphatic carbocycles. The Bertz CT molecular complexity index is 376. The molecule has 0 aliphatic rings. The quantitative estimate of drug-likeness (QED) is 0.816. The highest BCUT2D eigenvalue weighted by molar-refractivity contribution is 5.77. The molecule has 0 heterocycles. The lowest BCUT2D eigenvalue weighted by Gasteiger charge is -2.04. The van der Waals surface area contributed by atoms with Gasteiger partial charge in [-0.05, 0) is 24.0 Å². The zero-order valence-corrected chi connectivity index (χ0v) is 9.49.